The maximum absolute atomic E-state index is 6.03. The van der Waals surface area contributed by atoms with Gasteiger partial charge < -0.3 is 10.5 Å². The van der Waals surface area contributed by atoms with E-state index in [0.29, 0.717) is 0 Å². The predicted molar refractivity (Wildman–Crippen MR) is 60.1 cm³/mol. The van der Waals surface area contributed by atoms with Gasteiger partial charge >= 0.3 is 0 Å². The molecular weight excluding hydrogens is 198 g/mol. The molecule has 2 unspecified atom stereocenters. The standard InChI is InChI=1S/C11H15NO.ClH/c1-7-3-4-11-9(5-7)10(12)6-8(2)13-11;/h3-5,8,10H,6,12H2,1-2H3;1H. The highest BCUT2D eigenvalue weighted by atomic mass is 35.5. The summed E-state index contributed by atoms with van der Waals surface area (Å²) < 4.78 is 5.68. The lowest BCUT2D eigenvalue weighted by Gasteiger charge is -2.28. The van der Waals surface area contributed by atoms with Crippen LogP contribution < -0.4 is 10.5 Å². The number of hydrogen-bond donors (Lipinski definition) is 1. The van der Waals surface area contributed by atoms with Crippen LogP contribution in [0.15, 0.2) is 18.2 Å². The summed E-state index contributed by atoms with van der Waals surface area (Å²) in [6, 6.07) is 6.33. The first-order valence-electron chi connectivity index (χ1n) is 4.69. The molecule has 3 heteroatoms. The normalized spacial score (nSPS) is 24.5. The van der Waals surface area contributed by atoms with Crippen molar-refractivity contribution in [3.8, 4) is 5.75 Å². The van der Waals surface area contributed by atoms with Crippen molar-refractivity contribution in [1.29, 1.82) is 0 Å². The van der Waals surface area contributed by atoms with Crippen LogP contribution in [-0.4, -0.2) is 6.10 Å². The summed E-state index contributed by atoms with van der Waals surface area (Å²) in [6.07, 6.45) is 1.15. The molecule has 0 amide bonds. The number of hydrogen-bond acceptors (Lipinski definition) is 2. The Hall–Kier alpha value is -0.730. The lowest BCUT2D eigenvalue weighted by molar-refractivity contribution is 0.177. The number of fused-ring (bicyclic) bond motifs is 1. The molecule has 0 spiro atoms. The third-order valence-electron chi connectivity index (χ3n) is 2.48. The first-order chi connectivity index (χ1) is 6.16. The van der Waals surface area contributed by atoms with E-state index in [1.54, 1.807) is 0 Å². The first-order valence-corrected chi connectivity index (χ1v) is 4.69. The van der Waals surface area contributed by atoms with Crippen LogP contribution in [0.3, 0.4) is 0 Å². The largest absolute Gasteiger partial charge is 0.490 e. The molecule has 0 aromatic heterocycles. The highest BCUT2D eigenvalue weighted by Crippen LogP contribution is 2.33. The molecule has 2 N–H and O–H groups in total. The first kappa shape index (κ1) is 11.3. The van der Waals surface area contributed by atoms with Crippen molar-refractivity contribution >= 4 is 12.4 Å². The predicted octanol–water partition coefficient (Wildman–Crippen LogP) is 2.59. The van der Waals surface area contributed by atoms with Crippen LogP contribution in [0.1, 0.15) is 30.5 Å². The fourth-order valence-electron chi connectivity index (χ4n) is 1.81. The summed E-state index contributed by atoms with van der Waals surface area (Å²) in [5.74, 6) is 0.955. The second-order valence-corrected chi connectivity index (χ2v) is 3.81. The Morgan fingerprint density at radius 1 is 1.43 bits per heavy atom. The van der Waals surface area contributed by atoms with E-state index in [1.165, 1.54) is 5.56 Å². The Kier molecular flexibility index (Phi) is 3.40. The molecule has 14 heavy (non-hydrogen) atoms. The SMILES string of the molecule is Cc1ccc2c(c1)C(N)CC(C)O2.Cl. The van der Waals surface area contributed by atoms with Crippen molar-refractivity contribution in [2.24, 2.45) is 5.73 Å². The van der Waals surface area contributed by atoms with Crippen LogP contribution in [0.2, 0.25) is 0 Å². The topological polar surface area (TPSA) is 35.2 Å². The minimum absolute atomic E-state index is 0. The summed E-state index contributed by atoms with van der Waals surface area (Å²) in [6.45, 7) is 4.13. The average Bonchev–Trinajstić information content (AvgIpc) is 2.06. The van der Waals surface area contributed by atoms with Gasteiger partial charge in [-0.25, -0.2) is 0 Å². The van der Waals surface area contributed by atoms with Crippen molar-refractivity contribution < 1.29 is 4.74 Å². The zero-order valence-corrected chi connectivity index (χ0v) is 9.30. The molecular formula is C11H16ClNO. The smallest absolute Gasteiger partial charge is 0.124 e. The second-order valence-electron chi connectivity index (χ2n) is 3.81. The molecule has 1 aliphatic heterocycles. The fourth-order valence-corrected chi connectivity index (χ4v) is 1.81. The highest BCUT2D eigenvalue weighted by Gasteiger charge is 2.22. The summed E-state index contributed by atoms with van der Waals surface area (Å²) in [5, 5.41) is 0. The molecule has 2 nitrogen and oxygen atoms in total. The van der Waals surface area contributed by atoms with Gasteiger partial charge in [0.1, 0.15) is 5.75 Å². The number of aryl methyl sites for hydroxylation is 1. The third kappa shape index (κ3) is 2.02. The van der Waals surface area contributed by atoms with Crippen molar-refractivity contribution in [1.82, 2.24) is 0 Å². The van der Waals surface area contributed by atoms with E-state index in [2.05, 4.69) is 26.0 Å². The molecule has 1 heterocycles. The van der Waals surface area contributed by atoms with Gasteiger partial charge in [0.05, 0.1) is 6.10 Å². The van der Waals surface area contributed by atoms with Crippen LogP contribution in [-0.2, 0) is 0 Å². The molecule has 0 saturated heterocycles. The lowest BCUT2D eigenvalue weighted by Crippen LogP contribution is -2.27. The van der Waals surface area contributed by atoms with Crippen LogP contribution in [0.4, 0.5) is 0 Å². The van der Waals surface area contributed by atoms with E-state index in [4.69, 9.17) is 10.5 Å². The van der Waals surface area contributed by atoms with Gasteiger partial charge in [-0.2, -0.15) is 0 Å². The number of rotatable bonds is 0. The van der Waals surface area contributed by atoms with E-state index in [1.807, 2.05) is 6.07 Å². The van der Waals surface area contributed by atoms with Crippen LogP contribution >= 0.6 is 12.4 Å². The van der Waals surface area contributed by atoms with E-state index >= 15 is 0 Å². The number of halogens is 1. The van der Waals surface area contributed by atoms with Gasteiger partial charge in [0, 0.05) is 18.0 Å². The Labute approximate surface area is 90.9 Å². The maximum Gasteiger partial charge on any atom is 0.124 e. The van der Waals surface area contributed by atoms with Crippen LogP contribution in [0.5, 0.6) is 5.75 Å². The minimum atomic E-state index is 0. The maximum atomic E-state index is 6.03. The second kappa shape index (κ2) is 4.20. The van der Waals surface area contributed by atoms with Crippen molar-refractivity contribution in [2.45, 2.75) is 32.4 Å². The minimum Gasteiger partial charge on any atom is -0.490 e. The Balaban J connectivity index is 0.000000980. The zero-order valence-electron chi connectivity index (χ0n) is 8.49. The number of nitrogens with two attached hydrogens (primary N) is 1. The Morgan fingerprint density at radius 2 is 2.14 bits per heavy atom. The summed E-state index contributed by atoms with van der Waals surface area (Å²) in [5.41, 5.74) is 8.42. The molecule has 1 aliphatic rings. The zero-order chi connectivity index (χ0) is 9.42. The number of benzene rings is 1. The molecule has 0 saturated carbocycles. The molecule has 1 aromatic carbocycles. The molecule has 0 bridgehead atoms. The van der Waals surface area contributed by atoms with Gasteiger partial charge in [-0.05, 0) is 19.9 Å². The van der Waals surface area contributed by atoms with Crippen molar-refractivity contribution in [2.75, 3.05) is 0 Å². The monoisotopic (exact) mass is 213 g/mol. The molecule has 78 valence electrons. The van der Waals surface area contributed by atoms with Gasteiger partial charge in [-0.3, -0.25) is 0 Å². The van der Waals surface area contributed by atoms with Crippen molar-refractivity contribution in [3.05, 3.63) is 29.3 Å². The van der Waals surface area contributed by atoms with Gasteiger partial charge in [0.25, 0.3) is 0 Å². The highest BCUT2D eigenvalue weighted by molar-refractivity contribution is 5.85. The summed E-state index contributed by atoms with van der Waals surface area (Å²) >= 11 is 0. The van der Waals surface area contributed by atoms with Gasteiger partial charge in [-0.1, -0.05) is 17.7 Å². The Bertz CT molecular complexity index is 327. The van der Waals surface area contributed by atoms with Crippen LogP contribution in [0.25, 0.3) is 0 Å². The third-order valence-corrected chi connectivity index (χ3v) is 2.48. The Morgan fingerprint density at radius 3 is 2.86 bits per heavy atom. The fraction of sp³-hybridized carbons (Fsp3) is 0.455. The van der Waals surface area contributed by atoms with E-state index in [9.17, 15) is 0 Å². The molecule has 0 aliphatic carbocycles. The molecule has 2 atom stereocenters. The van der Waals surface area contributed by atoms with Gasteiger partial charge in [-0.15, -0.1) is 12.4 Å². The van der Waals surface area contributed by atoms with E-state index in [-0.39, 0.29) is 24.6 Å². The molecule has 1 aromatic rings. The van der Waals surface area contributed by atoms with Crippen LogP contribution in [0, 0.1) is 6.92 Å². The molecule has 0 radical (unpaired) electrons. The number of ether oxygens (including phenoxy) is 1. The quantitative estimate of drug-likeness (QED) is 0.719. The van der Waals surface area contributed by atoms with E-state index in [0.717, 1.165) is 17.7 Å². The molecule has 0 fully saturated rings. The van der Waals surface area contributed by atoms with Gasteiger partial charge in [0.15, 0.2) is 0 Å². The summed E-state index contributed by atoms with van der Waals surface area (Å²) in [7, 11) is 0. The molecule has 2 rings (SSSR count). The average molecular weight is 214 g/mol. The lowest BCUT2D eigenvalue weighted by atomic mass is 9.96. The van der Waals surface area contributed by atoms with Gasteiger partial charge in [0.2, 0.25) is 0 Å². The van der Waals surface area contributed by atoms with Crippen molar-refractivity contribution in [3.63, 3.8) is 0 Å². The summed E-state index contributed by atoms with van der Waals surface area (Å²) in [4.78, 5) is 0. The van der Waals surface area contributed by atoms with E-state index < -0.39 is 0 Å².